The third-order valence-corrected chi connectivity index (χ3v) is 3.93. The number of hydrogen-bond acceptors (Lipinski definition) is 6. The number of alkyl carbamates (subject to hydrolysis) is 1. The Morgan fingerprint density at radius 3 is 2.68 bits per heavy atom. The number of methoxy groups -OCH3 is 1. The lowest BCUT2D eigenvalue weighted by Gasteiger charge is -2.36. The van der Waals surface area contributed by atoms with Crippen molar-refractivity contribution in [1.82, 2.24) is 5.32 Å². The van der Waals surface area contributed by atoms with E-state index in [4.69, 9.17) is 15.2 Å². The number of carbonyl (C=O) groups excluding carboxylic acids is 2. The maximum Gasteiger partial charge on any atom is 0.407 e. The van der Waals surface area contributed by atoms with E-state index in [0.29, 0.717) is 23.5 Å². The average molecular weight is 349 g/mol. The van der Waals surface area contributed by atoms with Crippen LogP contribution in [0, 0.1) is 0 Å². The summed E-state index contributed by atoms with van der Waals surface area (Å²) in [4.78, 5) is 26.1. The summed E-state index contributed by atoms with van der Waals surface area (Å²) in [7, 11) is 1.35. The molecule has 1 heterocycles. The van der Waals surface area contributed by atoms with Gasteiger partial charge in [0.15, 0.2) is 0 Å². The summed E-state index contributed by atoms with van der Waals surface area (Å²) in [5.74, 6) is -0.426. The van der Waals surface area contributed by atoms with Gasteiger partial charge in [-0.25, -0.2) is 9.59 Å². The Labute approximate surface area is 148 Å². The molecule has 1 aliphatic rings. The summed E-state index contributed by atoms with van der Waals surface area (Å²) in [6.07, 6.45) is 1.28. The minimum atomic E-state index is -0.541. The number of para-hydroxylation sites is 1. The largest absolute Gasteiger partial charge is 0.465 e. The van der Waals surface area contributed by atoms with Crippen LogP contribution in [0.3, 0.4) is 0 Å². The van der Waals surface area contributed by atoms with Crippen molar-refractivity contribution in [3.8, 4) is 0 Å². The second kappa shape index (κ2) is 7.63. The lowest BCUT2D eigenvalue weighted by atomic mass is 10.0. The highest BCUT2D eigenvalue weighted by atomic mass is 16.6. The van der Waals surface area contributed by atoms with Crippen molar-refractivity contribution in [3.63, 3.8) is 0 Å². The van der Waals surface area contributed by atoms with Gasteiger partial charge in [-0.05, 0) is 45.7 Å². The summed E-state index contributed by atoms with van der Waals surface area (Å²) in [6.45, 7) is 6.79. The fourth-order valence-electron chi connectivity index (χ4n) is 2.96. The predicted octanol–water partition coefficient (Wildman–Crippen LogP) is 2.55. The molecule has 1 saturated heterocycles. The zero-order valence-electron chi connectivity index (χ0n) is 15.3. The fraction of sp³-hybridized carbons (Fsp3) is 0.556. The van der Waals surface area contributed by atoms with Crippen LogP contribution in [-0.2, 0) is 9.47 Å². The van der Waals surface area contributed by atoms with Gasteiger partial charge >= 0.3 is 12.1 Å². The van der Waals surface area contributed by atoms with Crippen molar-refractivity contribution < 1.29 is 19.1 Å². The van der Waals surface area contributed by atoms with Crippen LogP contribution in [0.4, 0.5) is 16.2 Å². The number of hydrogen-bond donors (Lipinski definition) is 2. The maximum absolute atomic E-state index is 12.1. The van der Waals surface area contributed by atoms with Gasteiger partial charge in [0.1, 0.15) is 5.60 Å². The van der Waals surface area contributed by atoms with E-state index in [1.165, 1.54) is 7.11 Å². The summed E-state index contributed by atoms with van der Waals surface area (Å²) in [6, 6.07) is 5.11. The van der Waals surface area contributed by atoms with Crippen LogP contribution in [0.15, 0.2) is 18.2 Å². The highest BCUT2D eigenvalue weighted by Crippen LogP contribution is 2.31. The molecule has 1 aromatic carbocycles. The highest BCUT2D eigenvalue weighted by molar-refractivity contribution is 5.99. The monoisotopic (exact) mass is 349 g/mol. The smallest absolute Gasteiger partial charge is 0.407 e. The Kier molecular flexibility index (Phi) is 5.77. The number of rotatable bonds is 3. The Morgan fingerprint density at radius 1 is 1.32 bits per heavy atom. The van der Waals surface area contributed by atoms with E-state index in [-0.39, 0.29) is 6.04 Å². The van der Waals surface area contributed by atoms with E-state index in [1.54, 1.807) is 18.2 Å². The Morgan fingerprint density at radius 2 is 2.04 bits per heavy atom. The summed E-state index contributed by atoms with van der Waals surface area (Å²) in [5, 5.41) is 2.90. The molecule has 2 rings (SSSR count). The molecule has 1 aliphatic heterocycles. The van der Waals surface area contributed by atoms with Gasteiger partial charge < -0.3 is 25.4 Å². The number of nitrogen functional groups attached to an aromatic ring is 1. The van der Waals surface area contributed by atoms with Crippen molar-refractivity contribution in [1.29, 1.82) is 0 Å². The molecule has 0 saturated carbocycles. The molecule has 7 nitrogen and oxygen atoms in total. The van der Waals surface area contributed by atoms with E-state index in [9.17, 15) is 9.59 Å². The van der Waals surface area contributed by atoms with E-state index >= 15 is 0 Å². The van der Waals surface area contributed by atoms with Crippen LogP contribution in [0.25, 0.3) is 0 Å². The normalized spacial score (nSPS) is 17.8. The molecule has 1 amide bonds. The van der Waals surface area contributed by atoms with Gasteiger partial charge in [-0.2, -0.15) is 0 Å². The zero-order valence-corrected chi connectivity index (χ0v) is 15.3. The molecule has 1 aromatic rings. The molecular formula is C18H27N3O4. The Balaban J connectivity index is 2.14. The van der Waals surface area contributed by atoms with Crippen molar-refractivity contribution in [2.45, 2.75) is 45.3 Å². The number of ether oxygens (including phenoxy) is 2. The minimum Gasteiger partial charge on any atom is -0.465 e. The number of nitrogens with two attached hydrogens (primary N) is 1. The first-order chi connectivity index (χ1) is 11.7. The summed E-state index contributed by atoms with van der Waals surface area (Å²) in [5.41, 5.74) is 7.17. The first-order valence-corrected chi connectivity index (χ1v) is 8.42. The van der Waals surface area contributed by atoms with Crippen molar-refractivity contribution in [2.75, 3.05) is 30.8 Å². The molecule has 7 heteroatoms. The van der Waals surface area contributed by atoms with Crippen LogP contribution < -0.4 is 16.0 Å². The van der Waals surface area contributed by atoms with Crippen LogP contribution >= 0.6 is 0 Å². The molecule has 25 heavy (non-hydrogen) atoms. The van der Waals surface area contributed by atoms with Gasteiger partial charge in [0.25, 0.3) is 0 Å². The number of nitrogens with one attached hydrogen (secondary N) is 1. The number of anilines is 2. The second-order valence-corrected chi connectivity index (χ2v) is 7.17. The predicted molar refractivity (Wildman–Crippen MR) is 96.8 cm³/mol. The van der Waals surface area contributed by atoms with Gasteiger partial charge in [0, 0.05) is 19.1 Å². The lowest BCUT2D eigenvalue weighted by Crippen LogP contribution is -2.49. The zero-order chi connectivity index (χ0) is 18.6. The Hall–Kier alpha value is -2.44. The number of carbonyl (C=O) groups is 2. The SMILES string of the molecule is COC(=O)c1cccc(N)c1N1CCC[C@H](NC(=O)OC(C)(C)C)C1. The first-order valence-electron chi connectivity index (χ1n) is 8.42. The average Bonchev–Trinajstić information content (AvgIpc) is 2.52. The van der Waals surface area contributed by atoms with E-state index in [2.05, 4.69) is 5.32 Å². The van der Waals surface area contributed by atoms with Crippen LogP contribution in [0.2, 0.25) is 0 Å². The highest BCUT2D eigenvalue weighted by Gasteiger charge is 2.27. The molecule has 0 bridgehead atoms. The van der Waals surface area contributed by atoms with Crippen molar-refractivity contribution in [2.24, 2.45) is 0 Å². The van der Waals surface area contributed by atoms with Crippen LogP contribution in [0.5, 0.6) is 0 Å². The molecule has 3 N–H and O–H groups in total. The molecule has 138 valence electrons. The molecule has 0 unspecified atom stereocenters. The summed E-state index contributed by atoms with van der Waals surface area (Å²) >= 11 is 0. The second-order valence-electron chi connectivity index (χ2n) is 7.17. The third kappa shape index (κ3) is 5.01. The quantitative estimate of drug-likeness (QED) is 0.643. The summed E-state index contributed by atoms with van der Waals surface area (Å²) < 4.78 is 10.2. The van der Waals surface area contributed by atoms with Crippen molar-refractivity contribution in [3.05, 3.63) is 23.8 Å². The minimum absolute atomic E-state index is 0.0753. The van der Waals surface area contributed by atoms with E-state index in [1.807, 2.05) is 25.7 Å². The van der Waals surface area contributed by atoms with Gasteiger partial charge in [-0.1, -0.05) is 6.07 Å². The van der Waals surface area contributed by atoms with Gasteiger partial charge in [-0.15, -0.1) is 0 Å². The standard InChI is InChI=1S/C18H27N3O4/c1-18(2,3)25-17(23)20-12-7-6-10-21(11-12)15-13(16(22)24-4)8-5-9-14(15)19/h5,8-9,12H,6-7,10-11,19H2,1-4H3,(H,20,23)/t12-/m0/s1. The molecule has 0 aromatic heterocycles. The molecule has 1 atom stereocenters. The van der Waals surface area contributed by atoms with Gasteiger partial charge in [0.2, 0.25) is 0 Å². The number of nitrogens with zero attached hydrogens (tertiary/aromatic N) is 1. The number of esters is 1. The first kappa shape index (κ1) is 18.9. The molecule has 0 aliphatic carbocycles. The number of amides is 1. The fourth-order valence-corrected chi connectivity index (χ4v) is 2.96. The van der Waals surface area contributed by atoms with E-state index in [0.717, 1.165) is 19.4 Å². The number of benzene rings is 1. The maximum atomic E-state index is 12.1. The van der Waals surface area contributed by atoms with Crippen molar-refractivity contribution >= 4 is 23.4 Å². The lowest BCUT2D eigenvalue weighted by molar-refractivity contribution is 0.0498. The van der Waals surface area contributed by atoms with Crippen LogP contribution in [-0.4, -0.2) is 43.9 Å². The molecule has 0 spiro atoms. The molecule has 1 fully saturated rings. The van der Waals surface area contributed by atoms with Gasteiger partial charge in [-0.3, -0.25) is 0 Å². The van der Waals surface area contributed by atoms with E-state index < -0.39 is 17.7 Å². The number of piperidine rings is 1. The molecular weight excluding hydrogens is 322 g/mol. The van der Waals surface area contributed by atoms with Crippen LogP contribution in [0.1, 0.15) is 44.0 Å². The third-order valence-electron chi connectivity index (χ3n) is 3.93. The van der Waals surface area contributed by atoms with Gasteiger partial charge in [0.05, 0.1) is 24.0 Å². The topological polar surface area (TPSA) is 93.9 Å². The molecule has 0 radical (unpaired) electrons. The Bertz CT molecular complexity index is 640.